The minimum Gasteiger partial charge on any atom is -0.491 e. The van der Waals surface area contributed by atoms with Crippen LogP contribution in [0.3, 0.4) is 0 Å². The van der Waals surface area contributed by atoms with Crippen molar-refractivity contribution in [2.24, 2.45) is 5.92 Å². The van der Waals surface area contributed by atoms with Gasteiger partial charge in [0.2, 0.25) is 5.91 Å². The summed E-state index contributed by atoms with van der Waals surface area (Å²) in [6, 6.07) is 14.7. The number of piperidine rings is 1. The highest BCUT2D eigenvalue weighted by molar-refractivity contribution is 5.98. The first-order valence-electron chi connectivity index (χ1n) is 10.7. The van der Waals surface area contributed by atoms with Crippen LogP contribution in [0.5, 0.6) is 5.75 Å². The molecule has 0 unspecified atom stereocenters. The quantitative estimate of drug-likeness (QED) is 0.678. The molecule has 2 amide bonds. The number of benzene rings is 2. The van der Waals surface area contributed by atoms with Crippen molar-refractivity contribution in [1.82, 2.24) is 4.90 Å². The Morgan fingerprint density at radius 2 is 1.80 bits per heavy atom. The number of likely N-dealkylation sites (tertiary alicyclic amines) is 1. The smallest absolute Gasteiger partial charge is 0.253 e. The lowest BCUT2D eigenvalue weighted by molar-refractivity contribution is -0.114. The van der Waals surface area contributed by atoms with Crippen LogP contribution < -0.4 is 15.4 Å². The summed E-state index contributed by atoms with van der Waals surface area (Å²) < 4.78 is 5.81. The summed E-state index contributed by atoms with van der Waals surface area (Å²) in [6.45, 7) is 6.51. The molecule has 6 heteroatoms. The Morgan fingerprint density at radius 3 is 2.57 bits per heavy atom. The van der Waals surface area contributed by atoms with Gasteiger partial charge in [-0.1, -0.05) is 32.0 Å². The second-order valence-electron chi connectivity index (χ2n) is 8.04. The average molecular weight is 410 g/mol. The average Bonchev–Trinajstić information content (AvgIpc) is 2.77. The van der Waals surface area contributed by atoms with E-state index in [0.717, 1.165) is 37.4 Å². The van der Waals surface area contributed by atoms with E-state index >= 15 is 0 Å². The van der Waals surface area contributed by atoms with Gasteiger partial charge in [0.15, 0.2) is 0 Å². The molecule has 1 fully saturated rings. The maximum absolute atomic E-state index is 12.7. The fourth-order valence-corrected chi connectivity index (χ4v) is 3.39. The first-order valence-corrected chi connectivity index (χ1v) is 10.7. The van der Waals surface area contributed by atoms with Gasteiger partial charge in [0.1, 0.15) is 5.75 Å². The predicted molar refractivity (Wildman–Crippen MR) is 120 cm³/mol. The summed E-state index contributed by atoms with van der Waals surface area (Å²) in [6.07, 6.45) is 3.28. The fraction of sp³-hybridized carbons (Fsp3) is 0.417. The van der Waals surface area contributed by atoms with Gasteiger partial charge in [0, 0.05) is 24.3 Å². The number of amides is 2. The molecule has 2 N–H and O–H groups in total. The Morgan fingerprint density at radius 1 is 1.03 bits per heavy atom. The number of carbonyl (C=O) groups is 2. The van der Waals surface area contributed by atoms with Gasteiger partial charge >= 0.3 is 0 Å². The Kier molecular flexibility index (Phi) is 7.71. The van der Waals surface area contributed by atoms with Crippen LogP contribution in [0.25, 0.3) is 0 Å². The summed E-state index contributed by atoms with van der Waals surface area (Å²) in [5.41, 5.74) is 2.01. The Hall–Kier alpha value is -3.02. The summed E-state index contributed by atoms with van der Waals surface area (Å²) in [4.78, 5) is 27.0. The molecule has 3 rings (SSSR count). The van der Waals surface area contributed by atoms with E-state index in [2.05, 4.69) is 24.5 Å². The maximum atomic E-state index is 12.7. The van der Waals surface area contributed by atoms with Crippen LogP contribution >= 0.6 is 0 Å². The summed E-state index contributed by atoms with van der Waals surface area (Å²) in [5, 5.41) is 6.00. The first-order chi connectivity index (χ1) is 14.5. The monoisotopic (exact) mass is 409 g/mol. The van der Waals surface area contributed by atoms with Crippen LogP contribution in [0.4, 0.5) is 11.4 Å². The molecule has 0 aliphatic carbocycles. The van der Waals surface area contributed by atoms with Gasteiger partial charge in [-0.25, -0.2) is 0 Å². The molecule has 0 atom stereocenters. The zero-order valence-electron chi connectivity index (χ0n) is 17.8. The lowest BCUT2D eigenvalue weighted by Crippen LogP contribution is -2.35. The molecular weight excluding hydrogens is 378 g/mol. The number of hydrogen-bond donors (Lipinski definition) is 2. The van der Waals surface area contributed by atoms with Crippen molar-refractivity contribution in [2.45, 2.75) is 33.1 Å². The van der Waals surface area contributed by atoms with E-state index in [-0.39, 0.29) is 18.4 Å². The third kappa shape index (κ3) is 6.24. The lowest BCUT2D eigenvalue weighted by Gasteiger charge is -2.26. The molecule has 0 radical (unpaired) electrons. The molecule has 2 aromatic rings. The largest absolute Gasteiger partial charge is 0.491 e. The van der Waals surface area contributed by atoms with Gasteiger partial charge in [-0.05, 0) is 55.5 Å². The van der Waals surface area contributed by atoms with E-state index in [1.807, 2.05) is 29.2 Å². The van der Waals surface area contributed by atoms with Gasteiger partial charge in [0.05, 0.1) is 18.8 Å². The number of ether oxygens (including phenoxy) is 1. The first kappa shape index (κ1) is 21.7. The van der Waals surface area contributed by atoms with Crippen molar-refractivity contribution in [2.75, 3.05) is 36.9 Å². The molecule has 1 aliphatic heterocycles. The van der Waals surface area contributed by atoms with Crippen molar-refractivity contribution < 1.29 is 14.3 Å². The number of anilines is 2. The molecule has 1 aliphatic rings. The van der Waals surface area contributed by atoms with Crippen LogP contribution in [0.15, 0.2) is 48.5 Å². The van der Waals surface area contributed by atoms with Gasteiger partial charge in [-0.2, -0.15) is 0 Å². The highest BCUT2D eigenvalue weighted by Gasteiger charge is 2.18. The van der Waals surface area contributed by atoms with E-state index in [0.29, 0.717) is 23.8 Å². The van der Waals surface area contributed by atoms with Crippen LogP contribution in [0.2, 0.25) is 0 Å². The highest BCUT2D eigenvalue weighted by atomic mass is 16.5. The maximum Gasteiger partial charge on any atom is 0.253 e. The fourth-order valence-electron chi connectivity index (χ4n) is 3.39. The minimum atomic E-state index is -0.184. The van der Waals surface area contributed by atoms with Crippen LogP contribution in [0, 0.1) is 5.92 Å². The van der Waals surface area contributed by atoms with Gasteiger partial charge in [-0.3, -0.25) is 9.59 Å². The van der Waals surface area contributed by atoms with Crippen molar-refractivity contribution in [3.8, 4) is 5.75 Å². The van der Waals surface area contributed by atoms with Gasteiger partial charge in [0.25, 0.3) is 5.91 Å². The number of carbonyl (C=O) groups excluding carboxylic acids is 2. The van der Waals surface area contributed by atoms with Crippen LogP contribution in [0.1, 0.15) is 43.5 Å². The molecule has 30 heavy (non-hydrogen) atoms. The van der Waals surface area contributed by atoms with Crippen LogP contribution in [-0.2, 0) is 4.79 Å². The van der Waals surface area contributed by atoms with E-state index in [4.69, 9.17) is 4.74 Å². The number of para-hydroxylation sites is 2. The number of hydrogen-bond acceptors (Lipinski definition) is 4. The highest BCUT2D eigenvalue weighted by Crippen LogP contribution is 2.24. The molecule has 0 aromatic heterocycles. The van der Waals surface area contributed by atoms with Crippen molar-refractivity contribution >= 4 is 23.2 Å². The molecule has 2 aromatic carbocycles. The van der Waals surface area contributed by atoms with E-state index < -0.39 is 0 Å². The van der Waals surface area contributed by atoms with Crippen molar-refractivity contribution in [3.63, 3.8) is 0 Å². The van der Waals surface area contributed by atoms with Gasteiger partial charge < -0.3 is 20.3 Å². The molecular formula is C24H31N3O3. The molecule has 160 valence electrons. The van der Waals surface area contributed by atoms with E-state index in [9.17, 15) is 9.59 Å². The topological polar surface area (TPSA) is 70.7 Å². The second-order valence-corrected chi connectivity index (χ2v) is 8.04. The predicted octanol–water partition coefficient (Wildman–Crippen LogP) is 4.40. The molecule has 0 spiro atoms. The number of rotatable bonds is 8. The molecule has 1 saturated heterocycles. The molecule has 1 heterocycles. The Balaban J connectivity index is 1.56. The third-order valence-corrected chi connectivity index (χ3v) is 4.94. The zero-order valence-corrected chi connectivity index (χ0v) is 17.8. The minimum absolute atomic E-state index is 0.0279. The summed E-state index contributed by atoms with van der Waals surface area (Å²) >= 11 is 0. The van der Waals surface area contributed by atoms with E-state index in [1.165, 1.54) is 6.42 Å². The second kappa shape index (κ2) is 10.7. The lowest BCUT2D eigenvalue weighted by atomic mass is 10.1. The Bertz CT molecular complexity index is 860. The zero-order chi connectivity index (χ0) is 21.3. The van der Waals surface area contributed by atoms with Crippen molar-refractivity contribution in [3.05, 3.63) is 54.1 Å². The number of nitrogens with one attached hydrogen (secondary N) is 2. The summed E-state index contributed by atoms with van der Waals surface area (Å²) in [5.74, 6) is 0.991. The standard InChI is InChI=1S/C24H31N3O3/c1-18(2)17-30-22-12-5-4-11-21(22)25-16-23(28)26-20-10-8-9-19(15-20)24(29)27-13-6-3-7-14-27/h4-5,8-12,15,18,25H,3,6-7,13-14,16-17H2,1-2H3,(H,26,28). The van der Waals surface area contributed by atoms with Crippen molar-refractivity contribution in [1.29, 1.82) is 0 Å². The van der Waals surface area contributed by atoms with Crippen LogP contribution in [-0.4, -0.2) is 43.0 Å². The Labute approximate surface area is 178 Å². The number of nitrogens with zero attached hydrogens (tertiary/aromatic N) is 1. The van der Waals surface area contributed by atoms with Gasteiger partial charge in [-0.15, -0.1) is 0 Å². The summed E-state index contributed by atoms with van der Waals surface area (Å²) in [7, 11) is 0. The molecule has 0 saturated carbocycles. The van der Waals surface area contributed by atoms with E-state index in [1.54, 1.807) is 24.3 Å². The molecule has 6 nitrogen and oxygen atoms in total. The SMILES string of the molecule is CC(C)COc1ccccc1NCC(=O)Nc1cccc(C(=O)N2CCCCC2)c1. The third-order valence-electron chi connectivity index (χ3n) is 4.94. The molecule has 0 bridgehead atoms. The normalized spacial score (nSPS) is 13.8.